The fraction of sp³-hybridized carbons (Fsp3) is 0.308. The Hall–Kier alpha value is -1.41. The molecular weight excluding hydrogens is 356 g/mol. The first kappa shape index (κ1) is 16.0. The molecule has 1 unspecified atom stereocenters. The van der Waals surface area contributed by atoms with Gasteiger partial charge < -0.3 is 5.11 Å². The van der Waals surface area contributed by atoms with E-state index in [1.165, 1.54) is 10.9 Å². The largest absolute Gasteiger partial charge is 0.416 e. The van der Waals surface area contributed by atoms with Gasteiger partial charge in [0, 0.05) is 12.1 Å². The Morgan fingerprint density at radius 1 is 1.38 bits per heavy atom. The van der Waals surface area contributed by atoms with Gasteiger partial charge in [-0.25, -0.2) is 4.39 Å². The lowest BCUT2D eigenvalue weighted by Gasteiger charge is -2.19. The number of rotatable bonds is 3. The smallest absolute Gasteiger partial charge is 0.382 e. The third-order valence-electron chi connectivity index (χ3n) is 3.01. The summed E-state index contributed by atoms with van der Waals surface area (Å²) in [6, 6.07) is 2.02. The van der Waals surface area contributed by atoms with Crippen LogP contribution in [0.5, 0.6) is 0 Å². The van der Waals surface area contributed by atoms with E-state index in [2.05, 4.69) is 21.0 Å². The second-order valence-electron chi connectivity index (χ2n) is 4.33. The fourth-order valence-corrected chi connectivity index (χ4v) is 2.57. The Morgan fingerprint density at radius 3 is 2.62 bits per heavy atom. The highest BCUT2D eigenvalue weighted by atomic mass is 79.9. The van der Waals surface area contributed by atoms with E-state index >= 15 is 0 Å². The molecule has 0 spiro atoms. The molecule has 3 nitrogen and oxygen atoms in total. The van der Waals surface area contributed by atoms with E-state index in [0.29, 0.717) is 29.2 Å². The maximum Gasteiger partial charge on any atom is 0.416 e. The minimum absolute atomic E-state index is 0.147. The summed E-state index contributed by atoms with van der Waals surface area (Å²) in [6.45, 7) is 2.08. The predicted octanol–water partition coefficient (Wildman–Crippen LogP) is 3.91. The van der Waals surface area contributed by atoms with E-state index in [0.717, 1.165) is 0 Å². The molecule has 114 valence electrons. The molecule has 2 rings (SSSR count). The molecule has 1 atom stereocenters. The van der Waals surface area contributed by atoms with Crippen LogP contribution >= 0.6 is 15.9 Å². The molecular formula is C13H11BrF4N2O. The second kappa shape index (κ2) is 5.76. The summed E-state index contributed by atoms with van der Waals surface area (Å²) in [5.74, 6) is -0.851. The fourth-order valence-electron chi connectivity index (χ4n) is 2.06. The first-order valence-electron chi connectivity index (χ1n) is 6.01. The number of aliphatic hydroxyl groups excluding tert-OH is 1. The van der Waals surface area contributed by atoms with E-state index in [1.54, 1.807) is 6.92 Å². The Balaban J connectivity index is 2.60. The van der Waals surface area contributed by atoms with Crippen molar-refractivity contribution >= 4 is 15.9 Å². The lowest BCUT2D eigenvalue weighted by molar-refractivity contribution is -0.139. The van der Waals surface area contributed by atoms with Crippen molar-refractivity contribution < 1.29 is 22.7 Å². The van der Waals surface area contributed by atoms with Crippen LogP contribution in [0.1, 0.15) is 29.8 Å². The first-order valence-corrected chi connectivity index (χ1v) is 6.81. The van der Waals surface area contributed by atoms with Gasteiger partial charge in [-0.3, -0.25) is 4.68 Å². The van der Waals surface area contributed by atoms with Gasteiger partial charge in [-0.1, -0.05) is 0 Å². The van der Waals surface area contributed by atoms with Crippen LogP contribution in [0.15, 0.2) is 28.9 Å². The van der Waals surface area contributed by atoms with Crippen LogP contribution in [-0.2, 0) is 12.7 Å². The molecule has 0 aliphatic carbocycles. The van der Waals surface area contributed by atoms with Gasteiger partial charge in [-0.2, -0.15) is 18.3 Å². The highest BCUT2D eigenvalue weighted by Crippen LogP contribution is 2.38. The van der Waals surface area contributed by atoms with Crippen molar-refractivity contribution in [3.63, 3.8) is 0 Å². The number of aryl methyl sites for hydroxylation is 1. The number of hydrogen-bond donors (Lipinski definition) is 1. The van der Waals surface area contributed by atoms with Crippen LogP contribution in [0.3, 0.4) is 0 Å². The van der Waals surface area contributed by atoms with Gasteiger partial charge in [-0.15, -0.1) is 0 Å². The zero-order valence-electron chi connectivity index (χ0n) is 10.8. The average Bonchev–Trinajstić information content (AvgIpc) is 2.77. The molecule has 0 saturated heterocycles. The minimum Gasteiger partial charge on any atom is -0.382 e. The molecule has 2 aromatic rings. The van der Waals surface area contributed by atoms with E-state index in [9.17, 15) is 22.7 Å². The Kier molecular flexibility index (Phi) is 4.38. The SMILES string of the molecule is CCn1ncc(Br)c1C(O)c1cc(F)ccc1C(F)(F)F. The van der Waals surface area contributed by atoms with Crippen molar-refractivity contribution in [3.05, 3.63) is 51.5 Å². The molecule has 0 amide bonds. The molecule has 0 radical (unpaired) electrons. The van der Waals surface area contributed by atoms with Crippen molar-refractivity contribution in [1.29, 1.82) is 0 Å². The molecule has 1 aromatic heterocycles. The number of aromatic nitrogens is 2. The van der Waals surface area contributed by atoms with Gasteiger partial charge in [0.15, 0.2) is 0 Å². The Morgan fingerprint density at radius 2 is 2.05 bits per heavy atom. The third-order valence-corrected chi connectivity index (χ3v) is 3.62. The lowest BCUT2D eigenvalue weighted by Crippen LogP contribution is -2.16. The zero-order valence-corrected chi connectivity index (χ0v) is 12.4. The lowest BCUT2D eigenvalue weighted by atomic mass is 9.99. The van der Waals surface area contributed by atoms with E-state index in [-0.39, 0.29) is 5.69 Å². The molecule has 21 heavy (non-hydrogen) atoms. The van der Waals surface area contributed by atoms with Gasteiger partial charge in [0.1, 0.15) is 11.9 Å². The van der Waals surface area contributed by atoms with Crippen molar-refractivity contribution in [1.82, 2.24) is 9.78 Å². The monoisotopic (exact) mass is 366 g/mol. The summed E-state index contributed by atoms with van der Waals surface area (Å²) in [5.41, 5.74) is -1.47. The third kappa shape index (κ3) is 3.11. The summed E-state index contributed by atoms with van der Waals surface area (Å²) >= 11 is 3.13. The number of halogens is 5. The number of hydrogen-bond acceptors (Lipinski definition) is 2. The highest BCUT2D eigenvalue weighted by molar-refractivity contribution is 9.10. The van der Waals surface area contributed by atoms with Gasteiger partial charge >= 0.3 is 6.18 Å². The summed E-state index contributed by atoms with van der Waals surface area (Å²) in [4.78, 5) is 0. The van der Waals surface area contributed by atoms with Crippen molar-refractivity contribution in [2.75, 3.05) is 0 Å². The van der Waals surface area contributed by atoms with Crippen LogP contribution in [0.25, 0.3) is 0 Å². The molecule has 8 heteroatoms. The second-order valence-corrected chi connectivity index (χ2v) is 5.18. The molecule has 0 saturated carbocycles. The Labute approximate surface area is 126 Å². The highest BCUT2D eigenvalue weighted by Gasteiger charge is 2.36. The van der Waals surface area contributed by atoms with Gasteiger partial charge in [-0.05, 0) is 41.1 Å². The summed E-state index contributed by atoms with van der Waals surface area (Å²) in [7, 11) is 0. The predicted molar refractivity (Wildman–Crippen MR) is 71.1 cm³/mol. The van der Waals surface area contributed by atoms with Crippen molar-refractivity contribution in [3.8, 4) is 0 Å². The quantitative estimate of drug-likeness (QED) is 0.836. The maximum atomic E-state index is 13.3. The molecule has 0 aliphatic heterocycles. The summed E-state index contributed by atoms with van der Waals surface area (Å²) < 4.78 is 54.0. The summed E-state index contributed by atoms with van der Waals surface area (Å²) in [6.07, 6.45) is -4.96. The average molecular weight is 367 g/mol. The van der Waals surface area contributed by atoms with Gasteiger partial charge in [0.05, 0.1) is 21.9 Å². The van der Waals surface area contributed by atoms with Gasteiger partial charge in [0.25, 0.3) is 0 Å². The molecule has 1 heterocycles. The standard InChI is InChI=1S/C13H11BrF4N2O/c1-2-20-11(10(14)6-19-20)12(21)8-5-7(15)3-4-9(8)13(16,17)18/h3-6,12,21H,2H2,1H3. The van der Waals surface area contributed by atoms with Crippen molar-refractivity contribution in [2.45, 2.75) is 25.7 Å². The van der Waals surface area contributed by atoms with Crippen molar-refractivity contribution in [2.24, 2.45) is 0 Å². The van der Waals surface area contributed by atoms with Crippen LogP contribution in [0, 0.1) is 5.82 Å². The van der Waals surface area contributed by atoms with E-state index < -0.39 is 29.2 Å². The molecule has 0 fully saturated rings. The Bertz CT molecular complexity index is 654. The molecule has 1 aromatic carbocycles. The molecule has 0 bridgehead atoms. The van der Waals surface area contributed by atoms with Crippen LogP contribution in [-0.4, -0.2) is 14.9 Å². The molecule has 1 N–H and O–H groups in total. The first-order chi connectivity index (χ1) is 9.75. The van der Waals surface area contributed by atoms with E-state index in [1.807, 2.05) is 0 Å². The number of benzene rings is 1. The van der Waals surface area contributed by atoms with Crippen LogP contribution in [0.4, 0.5) is 17.6 Å². The maximum absolute atomic E-state index is 13.3. The number of alkyl halides is 3. The number of nitrogens with zero attached hydrogens (tertiary/aromatic N) is 2. The topological polar surface area (TPSA) is 38.0 Å². The summed E-state index contributed by atoms with van der Waals surface area (Å²) in [5, 5.41) is 14.2. The van der Waals surface area contributed by atoms with Crippen LogP contribution in [0.2, 0.25) is 0 Å². The zero-order chi connectivity index (χ0) is 15.8. The van der Waals surface area contributed by atoms with Crippen LogP contribution < -0.4 is 0 Å². The molecule has 0 aliphatic rings. The van der Waals surface area contributed by atoms with Gasteiger partial charge in [0.2, 0.25) is 0 Å². The van der Waals surface area contributed by atoms with E-state index in [4.69, 9.17) is 0 Å². The normalized spacial score (nSPS) is 13.5. The number of aliphatic hydroxyl groups is 1. The minimum atomic E-state index is -4.69.